The highest BCUT2D eigenvalue weighted by Crippen LogP contribution is 2.01. The molecule has 0 aromatic carbocycles. The summed E-state index contributed by atoms with van der Waals surface area (Å²) in [7, 11) is 0. The first-order chi connectivity index (χ1) is 5.56. The highest BCUT2D eigenvalue weighted by molar-refractivity contribution is 4.52. The zero-order chi connectivity index (χ0) is 9.45. The van der Waals surface area contributed by atoms with Gasteiger partial charge < -0.3 is 14.9 Å². The number of rotatable bonds is 7. The molecule has 0 fully saturated rings. The summed E-state index contributed by atoms with van der Waals surface area (Å²) in [4.78, 5) is 0. The van der Waals surface area contributed by atoms with Crippen LogP contribution in [0, 0.1) is 0 Å². The average molecular weight is 176 g/mol. The average Bonchev–Trinajstić information content (AvgIpc) is 1.94. The zero-order valence-electron chi connectivity index (χ0n) is 8.05. The molecule has 0 saturated carbocycles. The van der Waals surface area contributed by atoms with Gasteiger partial charge in [-0.1, -0.05) is 26.2 Å². The standard InChI is InChI=1S/C9H20O3/c1-3-4-5-6-7-12-8-9(2,10)11/h10-11H,3-8H2,1-2H3. The molecule has 0 amide bonds. The van der Waals surface area contributed by atoms with Crippen molar-refractivity contribution in [1.29, 1.82) is 0 Å². The van der Waals surface area contributed by atoms with Crippen LogP contribution in [-0.4, -0.2) is 29.2 Å². The molecule has 0 saturated heterocycles. The van der Waals surface area contributed by atoms with Gasteiger partial charge in [-0.15, -0.1) is 0 Å². The lowest BCUT2D eigenvalue weighted by Gasteiger charge is -2.15. The summed E-state index contributed by atoms with van der Waals surface area (Å²) in [5.41, 5.74) is 0. The second kappa shape index (κ2) is 6.40. The Morgan fingerprint density at radius 3 is 2.33 bits per heavy atom. The molecule has 0 aliphatic heterocycles. The largest absolute Gasteiger partial charge is 0.376 e. The van der Waals surface area contributed by atoms with Gasteiger partial charge in [-0.2, -0.15) is 0 Å². The second-order valence-electron chi connectivity index (χ2n) is 3.33. The fourth-order valence-electron chi connectivity index (χ4n) is 0.896. The molecule has 3 nitrogen and oxygen atoms in total. The summed E-state index contributed by atoms with van der Waals surface area (Å²) in [6.07, 6.45) is 4.59. The van der Waals surface area contributed by atoms with E-state index in [0.717, 1.165) is 12.8 Å². The summed E-state index contributed by atoms with van der Waals surface area (Å²) in [6.45, 7) is 4.09. The highest BCUT2D eigenvalue weighted by Gasteiger charge is 2.13. The van der Waals surface area contributed by atoms with E-state index in [-0.39, 0.29) is 6.61 Å². The maximum atomic E-state index is 8.85. The van der Waals surface area contributed by atoms with Gasteiger partial charge in [0, 0.05) is 6.61 Å². The summed E-state index contributed by atoms with van der Waals surface area (Å²) < 4.78 is 5.04. The molecule has 0 radical (unpaired) electrons. The van der Waals surface area contributed by atoms with Gasteiger partial charge in [0.15, 0.2) is 5.79 Å². The van der Waals surface area contributed by atoms with Gasteiger partial charge in [-0.25, -0.2) is 0 Å². The van der Waals surface area contributed by atoms with Gasteiger partial charge in [0.25, 0.3) is 0 Å². The predicted molar refractivity (Wildman–Crippen MR) is 47.8 cm³/mol. The summed E-state index contributed by atoms with van der Waals surface area (Å²) in [6, 6.07) is 0. The number of unbranched alkanes of at least 4 members (excludes halogenated alkanes) is 3. The van der Waals surface area contributed by atoms with Crippen molar-refractivity contribution in [3.8, 4) is 0 Å². The molecule has 3 heteroatoms. The maximum Gasteiger partial charge on any atom is 0.183 e. The molecule has 12 heavy (non-hydrogen) atoms. The summed E-state index contributed by atoms with van der Waals surface area (Å²) in [5, 5.41) is 17.7. The van der Waals surface area contributed by atoms with E-state index in [1.807, 2.05) is 0 Å². The third-order valence-electron chi connectivity index (χ3n) is 1.52. The Balaban J connectivity index is 3.01. The van der Waals surface area contributed by atoms with Crippen LogP contribution in [0.1, 0.15) is 39.5 Å². The molecule has 0 aliphatic carbocycles. The monoisotopic (exact) mass is 176 g/mol. The third-order valence-corrected chi connectivity index (χ3v) is 1.52. The van der Waals surface area contributed by atoms with Crippen molar-refractivity contribution in [2.45, 2.75) is 45.3 Å². The van der Waals surface area contributed by atoms with E-state index in [2.05, 4.69) is 6.92 Å². The topological polar surface area (TPSA) is 49.7 Å². The van der Waals surface area contributed by atoms with Crippen LogP contribution in [0.5, 0.6) is 0 Å². The predicted octanol–water partition coefficient (Wildman–Crippen LogP) is 1.28. The van der Waals surface area contributed by atoms with Crippen LogP contribution in [0.25, 0.3) is 0 Å². The molecule has 0 aromatic heterocycles. The molecule has 2 N–H and O–H groups in total. The first kappa shape index (κ1) is 11.9. The molecule has 0 aliphatic rings. The maximum absolute atomic E-state index is 8.85. The van der Waals surface area contributed by atoms with E-state index in [1.54, 1.807) is 0 Å². The van der Waals surface area contributed by atoms with Crippen molar-refractivity contribution in [3.05, 3.63) is 0 Å². The first-order valence-electron chi connectivity index (χ1n) is 4.59. The molecule has 0 heterocycles. The van der Waals surface area contributed by atoms with E-state index >= 15 is 0 Å². The first-order valence-corrected chi connectivity index (χ1v) is 4.59. The quantitative estimate of drug-likeness (QED) is 0.454. The van der Waals surface area contributed by atoms with Crippen molar-refractivity contribution in [3.63, 3.8) is 0 Å². The van der Waals surface area contributed by atoms with Crippen LogP contribution >= 0.6 is 0 Å². The van der Waals surface area contributed by atoms with E-state index in [9.17, 15) is 0 Å². The van der Waals surface area contributed by atoms with Crippen LogP contribution in [0.3, 0.4) is 0 Å². The summed E-state index contributed by atoms with van der Waals surface area (Å²) >= 11 is 0. The highest BCUT2D eigenvalue weighted by atomic mass is 16.6. The fourth-order valence-corrected chi connectivity index (χ4v) is 0.896. The molecule has 74 valence electrons. The molecule has 0 atom stereocenters. The Morgan fingerprint density at radius 1 is 1.17 bits per heavy atom. The van der Waals surface area contributed by atoms with Crippen LogP contribution in [0.4, 0.5) is 0 Å². The van der Waals surface area contributed by atoms with Gasteiger partial charge in [0.1, 0.15) is 0 Å². The van der Waals surface area contributed by atoms with E-state index in [1.165, 1.54) is 19.8 Å². The van der Waals surface area contributed by atoms with Crippen molar-refractivity contribution < 1.29 is 14.9 Å². The lowest BCUT2D eigenvalue weighted by molar-refractivity contribution is -0.183. The molecule has 0 aromatic rings. The van der Waals surface area contributed by atoms with Crippen molar-refractivity contribution in [1.82, 2.24) is 0 Å². The Bertz CT molecular complexity index is 96.4. The van der Waals surface area contributed by atoms with E-state index < -0.39 is 5.79 Å². The molecule has 0 bridgehead atoms. The van der Waals surface area contributed by atoms with Crippen molar-refractivity contribution in [2.75, 3.05) is 13.2 Å². The SMILES string of the molecule is CCCCCCOCC(C)(O)O. The van der Waals surface area contributed by atoms with Gasteiger partial charge >= 0.3 is 0 Å². The van der Waals surface area contributed by atoms with Crippen LogP contribution < -0.4 is 0 Å². The van der Waals surface area contributed by atoms with Gasteiger partial charge in [-0.05, 0) is 13.3 Å². The summed E-state index contributed by atoms with van der Waals surface area (Å²) in [5.74, 6) is -1.68. The Kier molecular flexibility index (Phi) is 6.34. The zero-order valence-corrected chi connectivity index (χ0v) is 8.05. The van der Waals surface area contributed by atoms with Gasteiger partial charge in [-0.3, -0.25) is 0 Å². The molecule has 0 unspecified atom stereocenters. The van der Waals surface area contributed by atoms with Crippen molar-refractivity contribution in [2.24, 2.45) is 0 Å². The Hall–Kier alpha value is -0.120. The number of aliphatic hydroxyl groups is 2. The minimum Gasteiger partial charge on any atom is -0.376 e. The fraction of sp³-hybridized carbons (Fsp3) is 1.00. The molecular weight excluding hydrogens is 156 g/mol. The molecule has 0 rings (SSSR count). The molecular formula is C9H20O3. The van der Waals surface area contributed by atoms with E-state index in [0.29, 0.717) is 6.61 Å². The number of hydrogen-bond acceptors (Lipinski definition) is 3. The number of hydrogen-bond donors (Lipinski definition) is 2. The smallest absolute Gasteiger partial charge is 0.183 e. The van der Waals surface area contributed by atoms with Crippen LogP contribution in [0.2, 0.25) is 0 Å². The van der Waals surface area contributed by atoms with Gasteiger partial charge in [0.2, 0.25) is 0 Å². The normalized spacial score (nSPS) is 12.0. The Labute approximate surface area is 74.4 Å². The minimum absolute atomic E-state index is 0.000868. The van der Waals surface area contributed by atoms with Gasteiger partial charge in [0.05, 0.1) is 6.61 Å². The van der Waals surface area contributed by atoms with E-state index in [4.69, 9.17) is 14.9 Å². The minimum atomic E-state index is -1.68. The van der Waals surface area contributed by atoms with Crippen LogP contribution in [-0.2, 0) is 4.74 Å². The molecule has 0 spiro atoms. The third kappa shape index (κ3) is 9.88. The van der Waals surface area contributed by atoms with Crippen LogP contribution in [0.15, 0.2) is 0 Å². The Morgan fingerprint density at radius 2 is 1.83 bits per heavy atom. The number of ether oxygens (including phenoxy) is 1. The lowest BCUT2D eigenvalue weighted by atomic mass is 10.2. The lowest BCUT2D eigenvalue weighted by Crippen LogP contribution is -2.29. The second-order valence-corrected chi connectivity index (χ2v) is 3.33. The van der Waals surface area contributed by atoms with Crippen molar-refractivity contribution >= 4 is 0 Å².